The van der Waals surface area contributed by atoms with Crippen molar-refractivity contribution in [1.82, 2.24) is 9.78 Å². The fourth-order valence-electron chi connectivity index (χ4n) is 3.18. The summed E-state index contributed by atoms with van der Waals surface area (Å²) in [6, 6.07) is 13.5. The Balaban J connectivity index is 1.61. The highest BCUT2D eigenvalue weighted by molar-refractivity contribution is 5.90. The Labute approximate surface area is 180 Å². The van der Waals surface area contributed by atoms with Gasteiger partial charge >= 0.3 is 6.18 Å². The number of aromatic nitrogens is 2. The summed E-state index contributed by atoms with van der Waals surface area (Å²) < 4.78 is 51.9. The van der Waals surface area contributed by atoms with E-state index in [1.165, 1.54) is 0 Å². The van der Waals surface area contributed by atoms with Crippen LogP contribution in [0.15, 0.2) is 59.4 Å². The highest BCUT2D eigenvalue weighted by atomic mass is 19.4. The van der Waals surface area contributed by atoms with Crippen molar-refractivity contribution in [2.24, 2.45) is 0 Å². The van der Waals surface area contributed by atoms with E-state index in [2.05, 4.69) is 10.4 Å². The first-order valence-corrected chi connectivity index (χ1v) is 9.75. The van der Waals surface area contributed by atoms with Crippen LogP contribution in [0, 0.1) is 0 Å². The van der Waals surface area contributed by atoms with Gasteiger partial charge in [-0.3, -0.25) is 9.59 Å². The van der Waals surface area contributed by atoms with Crippen LogP contribution >= 0.6 is 0 Å². The van der Waals surface area contributed by atoms with E-state index in [1.807, 2.05) is 0 Å². The summed E-state index contributed by atoms with van der Waals surface area (Å²) in [5, 5.41) is 6.53. The van der Waals surface area contributed by atoms with Gasteiger partial charge in [0.15, 0.2) is 11.5 Å². The molecule has 1 N–H and O–H groups in total. The largest absolute Gasteiger partial charge is 0.490 e. The van der Waals surface area contributed by atoms with Gasteiger partial charge in [0.1, 0.15) is 12.1 Å². The number of halogens is 3. The molecule has 32 heavy (non-hydrogen) atoms. The molecule has 3 aromatic rings. The Bertz CT molecular complexity index is 1190. The number of rotatable bonds is 4. The third-order valence-electron chi connectivity index (χ3n) is 4.67. The number of nitrogens with zero attached hydrogens (tertiary/aromatic N) is 2. The monoisotopic (exact) mass is 445 g/mol. The first kappa shape index (κ1) is 21.4. The zero-order chi connectivity index (χ0) is 22.7. The minimum Gasteiger partial charge on any atom is -0.490 e. The average molecular weight is 445 g/mol. The van der Waals surface area contributed by atoms with Gasteiger partial charge < -0.3 is 14.8 Å². The molecule has 1 aliphatic rings. The van der Waals surface area contributed by atoms with Crippen molar-refractivity contribution in [2.75, 3.05) is 18.5 Å². The number of alkyl halides is 3. The van der Waals surface area contributed by atoms with Crippen LogP contribution in [0.5, 0.6) is 11.5 Å². The van der Waals surface area contributed by atoms with Crippen LogP contribution in [0.1, 0.15) is 12.0 Å². The standard InChI is InChI=1S/C22H18F3N3O4/c23-22(24,25)16-12-17(14-5-2-1-3-6-14)27-28(21(16)30)13-20(29)26-15-7-8-18-19(11-15)32-10-4-9-31-18/h1-3,5-8,11-12H,4,9-10,13H2,(H,26,29). The van der Waals surface area contributed by atoms with E-state index in [0.29, 0.717) is 53.1 Å². The van der Waals surface area contributed by atoms with E-state index < -0.39 is 29.8 Å². The molecule has 0 fully saturated rings. The lowest BCUT2D eigenvalue weighted by Gasteiger charge is -2.13. The third kappa shape index (κ3) is 4.74. The molecule has 0 saturated heterocycles. The molecule has 0 radical (unpaired) electrons. The molecule has 166 valence electrons. The number of ether oxygens (including phenoxy) is 2. The van der Waals surface area contributed by atoms with E-state index in [-0.39, 0.29) is 5.69 Å². The molecule has 0 atom stereocenters. The summed E-state index contributed by atoms with van der Waals surface area (Å²) in [5.74, 6) is 0.261. The smallest absolute Gasteiger partial charge is 0.421 e. The maximum Gasteiger partial charge on any atom is 0.421 e. The lowest BCUT2D eigenvalue weighted by Crippen LogP contribution is -2.34. The molecule has 7 nitrogen and oxygen atoms in total. The molecule has 0 saturated carbocycles. The predicted molar refractivity (Wildman–Crippen MR) is 110 cm³/mol. The normalized spacial score (nSPS) is 13.3. The molecular formula is C22H18F3N3O4. The van der Waals surface area contributed by atoms with Gasteiger partial charge in [-0.2, -0.15) is 18.3 Å². The van der Waals surface area contributed by atoms with Crippen LogP contribution in [-0.4, -0.2) is 28.9 Å². The minimum absolute atomic E-state index is 0.0686. The molecule has 1 amide bonds. The first-order valence-electron chi connectivity index (χ1n) is 9.75. The number of nitrogens with one attached hydrogen (secondary N) is 1. The van der Waals surface area contributed by atoms with E-state index in [0.717, 1.165) is 0 Å². The van der Waals surface area contributed by atoms with Gasteiger partial charge in [0.25, 0.3) is 5.56 Å². The second-order valence-electron chi connectivity index (χ2n) is 7.03. The van der Waals surface area contributed by atoms with Crippen LogP contribution in [0.2, 0.25) is 0 Å². The Morgan fingerprint density at radius 2 is 1.75 bits per heavy atom. The maximum absolute atomic E-state index is 13.4. The number of hydrogen-bond acceptors (Lipinski definition) is 5. The van der Waals surface area contributed by atoms with Crippen molar-refractivity contribution in [3.8, 4) is 22.8 Å². The number of anilines is 1. The average Bonchev–Trinajstić information content (AvgIpc) is 3.00. The molecule has 2 aromatic carbocycles. The fraction of sp³-hybridized carbons (Fsp3) is 0.227. The zero-order valence-electron chi connectivity index (χ0n) is 16.7. The summed E-state index contributed by atoms with van der Waals surface area (Å²) in [4.78, 5) is 24.9. The highest BCUT2D eigenvalue weighted by Gasteiger charge is 2.36. The second-order valence-corrected chi connectivity index (χ2v) is 7.03. The quantitative estimate of drug-likeness (QED) is 0.662. The Morgan fingerprint density at radius 3 is 2.47 bits per heavy atom. The van der Waals surface area contributed by atoms with Crippen molar-refractivity contribution in [3.63, 3.8) is 0 Å². The Morgan fingerprint density at radius 1 is 1.03 bits per heavy atom. The summed E-state index contributed by atoms with van der Waals surface area (Å²) in [5.41, 5.74) is -2.13. The Kier molecular flexibility index (Phi) is 5.85. The SMILES string of the molecule is O=C(Cn1nc(-c2ccccc2)cc(C(F)(F)F)c1=O)Nc1ccc2c(c1)OCCCO2. The van der Waals surface area contributed by atoms with Gasteiger partial charge in [0.2, 0.25) is 5.91 Å². The van der Waals surface area contributed by atoms with Gasteiger partial charge in [-0.15, -0.1) is 0 Å². The van der Waals surface area contributed by atoms with Crippen molar-refractivity contribution in [1.29, 1.82) is 0 Å². The number of hydrogen-bond donors (Lipinski definition) is 1. The molecule has 0 bridgehead atoms. The summed E-state index contributed by atoms with van der Waals surface area (Å²) >= 11 is 0. The van der Waals surface area contributed by atoms with E-state index >= 15 is 0 Å². The number of amides is 1. The predicted octanol–water partition coefficient (Wildman–Crippen LogP) is 3.73. The number of carbonyl (C=O) groups is 1. The van der Waals surface area contributed by atoms with Crippen molar-refractivity contribution in [2.45, 2.75) is 19.1 Å². The number of benzene rings is 2. The molecule has 0 unspecified atom stereocenters. The minimum atomic E-state index is -4.89. The van der Waals surface area contributed by atoms with Gasteiger partial charge in [-0.25, -0.2) is 4.68 Å². The molecule has 0 spiro atoms. The zero-order valence-corrected chi connectivity index (χ0v) is 16.7. The third-order valence-corrected chi connectivity index (χ3v) is 4.67. The lowest BCUT2D eigenvalue weighted by atomic mass is 10.1. The lowest BCUT2D eigenvalue weighted by molar-refractivity contribution is -0.139. The molecule has 4 rings (SSSR count). The fourth-order valence-corrected chi connectivity index (χ4v) is 3.18. The first-order chi connectivity index (χ1) is 15.3. The van der Waals surface area contributed by atoms with Crippen molar-refractivity contribution < 1.29 is 27.4 Å². The molecule has 1 aromatic heterocycles. The molecule has 1 aliphatic heterocycles. The van der Waals surface area contributed by atoms with E-state index in [4.69, 9.17) is 9.47 Å². The molecule has 0 aliphatic carbocycles. The second kappa shape index (κ2) is 8.74. The maximum atomic E-state index is 13.4. The molecular weight excluding hydrogens is 427 g/mol. The summed E-state index contributed by atoms with van der Waals surface area (Å²) in [6.45, 7) is 0.264. The summed E-state index contributed by atoms with van der Waals surface area (Å²) in [7, 11) is 0. The number of fused-ring (bicyclic) bond motifs is 1. The van der Waals surface area contributed by atoms with E-state index in [9.17, 15) is 22.8 Å². The van der Waals surface area contributed by atoms with Crippen LogP contribution in [0.25, 0.3) is 11.3 Å². The molecule has 2 heterocycles. The van der Waals surface area contributed by atoms with Crippen molar-refractivity contribution in [3.05, 3.63) is 70.5 Å². The van der Waals surface area contributed by atoms with Gasteiger partial charge in [-0.1, -0.05) is 30.3 Å². The summed E-state index contributed by atoms with van der Waals surface area (Å²) in [6.07, 6.45) is -4.18. The van der Waals surface area contributed by atoms with Crippen molar-refractivity contribution >= 4 is 11.6 Å². The topological polar surface area (TPSA) is 82.5 Å². The van der Waals surface area contributed by atoms with E-state index in [1.54, 1.807) is 48.5 Å². The van der Waals surface area contributed by atoms with Crippen LogP contribution in [0.4, 0.5) is 18.9 Å². The van der Waals surface area contributed by atoms with Crippen LogP contribution < -0.4 is 20.3 Å². The van der Waals surface area contributed by atoms with Gasteiger partial charge in [0, 0.05) is 23.7 Å². The number of carbonyl (C=O) groups excluding carboxylic acids is 1. The Hall–Kier alpha value is -3.82. The molecule has 10 heteroatoms. The van der Waals surface area contributed by atoms with Gasteiger partial charge in [0.05, 0.1) is 18.9 Å². The van der Waals surface area contributed by atoms with Crippen LogP contribution in [0.3, 0.4) is 0 Å². The van der Waals surface area contributed by atoms with Gasteiger partial charge in [-0.05, 0) is 18.2 Å². The highest BCUT2D eigenvalue weighted by Crippen LogP contribution is 2.32. The van der Waals surface area contributed by atoms with Crippen LogP contribution in [-0.2, 0) is 17.5 Å².